The van der Waals surface area contributed by atoms with Gasteiger partial charge in [0.05, 0.1) is 12.0 Å². The van der Waals surface area contributed by atoms with Crippen LogP contribution in [0, 0.1) is 0 Å². The van der Waals surface area contributed by atoms with Crippen LogP contribution in [0.3, 0.4) is 0 Å². The van der Waals surface area contributed by atoms with Crippen LogP contribution in [0.15, 0.2) is 93.6 Å². The molecule has 1 amide bonds. The Morgan fingerprint density at radius 1 is 1.03 bits per heavy atom. The van der Waals surface area contributed by atoms with E-state index in [0.29, 0.717) is 16.0 Å². The first kappa shape index (κ1) is 22.3. The van der Waals surface area contributed by atoms with Crippen molar-refractivity contribution < 1.29 is 4.79 Å². The number of nitrogens with one attached hydrogen (secondary N) is 1. The number of carbonyl (C=O) groups excluding carboxylic acids is 1. The number of halogens is 2. The second-order valence-corrected chi connectivity index (χ2v) is 8.85. The molecule has 4 aromatic rings. The molecule has 9 heteroatoms. The maximum absolute atomic E-state index is 12.3. The summed E-state index contributed by atoms with van der Waals surface area (Å²) < 4.78 is 2.92. The van der Waals surface area contributed by atoms with Crippen molar-refractivity contribution in [1.29, 1.82) is 0 Å². The molecule has 0 aliphatic heterocycles. The summed E-state index contributed by atoms with van der Waals surface area (Å²) in [5.41, 5.74) is 5.08. The van der Waals surface area contributed by atoms with Crippen molar-refractivity contribution in [3.05, 3.63) is 93.9 Å². The summed E-state index contributed by atoms with van der Waals surface area (Å²) in [5.74, 6) is 0.569. The Kier molecular flexibility index (Phi) is 7.36. The summed E-state index contributed by atoms with van der Waals surface area (Å²) in [4.78, 5) is 12.3. The Labute approximate surface area is 202 Å². The van der Waals surface area contributed by atoms with Gasteiger partial charge in [0, 0.05) is 26.3 Å². The number of aromatic nitrogens is 3. The van der Waals surface area contributed by atoms with Crippen LogP contribution in [0.4, 0.5) is 0 Å². The molecule has 1 N–H and O–H groups in total. The first-order valence-corrected chi connectivity index (χ1v) is 11.7. The number of hydrogen-bond donors (Lipinski definition) is 1. The molecule has 0 fully saturated rings. The average Bonchev–Trinajstić information content (AvgIpc) is 3.24. The zero-order valence-electron chi connectivity index (χ0n) is 16.7. The number of amides is 1. The second kappa shape index (κ2) is 10.6. The second-order valence-electron chi connectivity index (χ2n) is 6.59. The first-order chi connectivity index (χ1) is 15.6. The summed E-state index contributed by atoms with van der Waals surface area (Å²) in [6.45, 7) is 0. The lowest BCUT2D eigenvalue weighted by atomic mass is 10.2. The zero-order chi connectivity index (χ0) is 22.3. The lowest BCUT2D eigenvalue weighted by molar-refractivity contribution is -0.118. The van der Waals surface area contributed by atoms with Crippen molar-refractivity contribution >= 4 is 51.4 Å². The number of hydrogen-bond acceptors (Lipinski definition) is 5. The minimum Gasteiger partial charge on any atom is -0.272 e. The molecule has 0 aliphatic rings. The van der Waals surface area contributed by atoms with E-state index in [2.05, 4.69) is 36.7 Å². The van der Waals surface area contributed by atoms with E-state index in [1.54, 1.807) is 6.07 Å². The molecule has 0 saturated carbocycles. The highest BCUT2D eigenvalue weighted by atomic mass is 79.9. The smallest absolute Gasteiger partial charge is 0.250 e. The van der Waals surface area contributed by atoms with E-state index in [4.69, 9.17) is 11.6 Å². The van der Waals surface area contributed by atoms with Gasteiger partial charge in [-0.2, -0.15) is 5.10 Å². The first-order valence-electron chi connectivity index (χ1n) is 9.58. The van der Waals surface area contributed by atoms with Crippen LogP contribution in [-0.2, 0) is 4.79 Å². The number of nitrogens with zero attached hydrogens (tertiary/aromatic N) is 4. The third kappa shape index (κ3) is 5.45. The minimum absolute atomic E-state index is 0.130. The standard InChI is InChI=1S/C23H17BrClN5OS/c24-18-12-10-16(11-13-18)22-28-29-23(30(22)19-7-2-1-3-8-19)32-15-21(31)27-26-14-17-6-4-5-9-20(17)25/h1-14H,15H2,(H,27,31). The Hall–Kier alpha value is -2.94. The van der Waals surface area contributed by atoms with Crippen molar-refractivity contribution in [3.63, 3.8) is 0 Å². The molecule has 0 radical (unpaired) electrons. The molecule has 4 rings (SSSR count). The van der Waals surface area contributed by atoms with Crippen LogP contribution in [0.25, 0.3) is 17.1 Å². The largest absolute Gasteiger partial charge is 0.272 e. The highest BCUT2D eigenvalue weighted by Crippen LogP contribution is 2.28. The van der Waals surface area contributed by atoms with Gasteiger partial charge >= 0.3 is 0 Å². The van der Waals surface area contributed by atoms with Crippen molar-refractivity contribution in [3.8, 4) is 17.1 Å². The average molecular weight is 527 g/mol. The highest BCUT2D eigenvalue weighted by molar-refractivity contribution is 9.10. The van der Waals surface area contributed by atoms with Gasteiger partial charge in [-0.05, 0) is 30.3 Å². The zero-order valence-corrected chi connectivity index (χ0v) is 19.8. The lowest BCUT2D eigenvalue weighted by Gasteiger charge is -2.10. The van der Waals surface area contributed by atoms with Crippen LogP contribution in [-0.4, -0.2) is 32.6 Å². The van der Waals surface area contributed by atoms with Gasteiger partial charge in [0.15, 0.2) is 11.0 Å². The minimum atomic E-state index is -0.258. The maximum Gasteiger partial charge on any atom is 0.250 e. The molecule has 1 aromatic heterocycles. The maximum atomic E-state index is 12.3. The molecular weight excluding hydrogens is 510 g/mol. The fourth-order valence-corrected chi connectivity index (χ4v) is 4.07. The highest BCUT2D eigenvalue weighted by Gasteiger charge is 2.17. The van der Waals surface area contributed by atoms with E-state index in [1.807, 2.05) is 77.4 Å². The number of thioether (sulfide) groups is 1. The van der Waals surface area contributed by atoms with Crippen LogP contribution >= 0.6 is 39.3 Å². The molecule has 6 nitrogen and oxygen atoms in total. The van der Waals surface area contributed by atoms with Crippen molar-refractivity contribution in [2.75, 3.05) is 5.75 Å². The number of carbonyl (C=O) groups is 1. The summed E-state index contributed by atoms with van der Waals surface area (Å²) in [6.07, 6.45) is 1.52. The third-order valence-corrected chi connectivity index (χ3v) is 6.18. The van der Waals surface area contributed by atoms with Gasteiger partial charge in [0.2, 0.25) is 0 Å². The summed E-state index contributed by atoms with van der Waals surface area (Å²) in [7, 11) is 0. The van der Waals surface area contributed by atoms with Crippen molar-refractivity contribution in [1.82, 2.24) is 20.2 Å². The molecule has 32 heavy (non-hydrogen) atoms. The van der Waals surface area contributed by atoms with Gasteiger partial charge in [0.1, 0.15) is 0 Å². The van der Waals surface area contributed by atoms with Crippen molar-refractivity contribution in [2.45, 2.75) is 5.16 Å². The van der Waals surface area contributed by atoms with Gasteiger partial charge in [-0.1, -0.05) is 87.8 Å². The normalized spacial score (nSPS) is 11.1. The molecule has 0 saturated heterocycles. The predicted octanol–water partition coefficient (Wildman–Crippen LogP) is 5.59. The molecule has 0 unspecified atom stereocenters. The number of hydrazone groups is 1. The molecule has 160 valence electrons. The van der Waals surface area contributed by atoms with Crippen molar-refractivity contribution in [2.24, 2.45) is 5.10 Å². The van der Waals surface area contributed by atoms with Gasteiger partial charge in [-0.15, -0.1) is 10.2 Å². The Morgan fingerprint density at radius 3 is 2.50 bits per heavy atom. The Morgan fingerprint density at radius 2 is 1.75 bits per heavy atom. The third-order valence-electron chi connectivity index (χ3n) is 4.38. The van der Waals surface area contributed by atoms with Gasteiger partial charge in [0.25, 0.3) is 5.91 Å². The van der Waals surface area contributed by atoms with Crippen LogP contribution in [0.5, 0.6) is 0 Å². The fraction of sp³-hybridized carbons (Fsp3) is 0.0435. The molecular formula is C23H17BrClN5OS. The number of benzene rings is 3. The molecule has 0 atom stereocenters. The van der Waals surface area contributed by atoms with E-state index in [0.717, 1.165) is 21.3 Å². The summed E-state index contributed by atoms with van der Waals surface area (Å²) in [5, 5.41) is 13.9. The predicted molar refractivity (Wildman–Crippen MR) is 132 cm³/mol. The molecule has 0 aliphatic carbocycles. The summed E-state index contributed by atoms with van der Waals surface area (Å²) in [6, 6.07) is 24.9. The van der Waals surface area contributed by atoms with Crippen LogP contribution < -0.4 is 5.43 Å². The van der Waals surface area contributed by atoms with Gasteiger partial charge in [-0.25, -0.2) is 5.43 Å². The molecule has 0 bridgehead atoms. The lowest BCUT2D eigenvalue weighted by Crippen LogP contribution is -2.20. The molecule has 3 aromatic carbocycles. The van der Waals surface area contributed by atoms with E-state index in [-0.39, 0.29) is 11.7 Å². The van der Waals surface area contributed by atoms with Gasteiger partial charge in [-0.3, -0.25) is 9.36 Å². The monoisotopic (exact) mass is 525 g/mol. The number of rotatable bonds is 7. The molecule has 1 heterocycles. The van der Waals surface area contributed by atoms with Crippen LogP contribution in [0.1, 0.15) is 5.56 Å². The van der Waals surface area contributed by atoms with E-state index >= 15 is 0 Å². The quantitative estimate of drug-likeness (QED) is 0.193. The Balaban J connectivity index is 1.50. The van der Waals surface area contributed by atoms with E-state index in [1.165, 1.54) is 18.0 Å². The fourth-order valence-electron chi connectivity index (χ4n) is 2.88. The molecule has 0 spiro atoms. The van der Waals surface area contributed by atoms with E-state index in [9.17, 15) is 4.79 Å². The van der Waals surface area contributed by atoms with E-state index < -0.39 is 0 Å². The number of para-hydroxylation sites is 1. The summed E-state index contributed by atoms with van der Waals surface area (Å²) >= 11 is 10.8. The SMILES string of the molecule is O=C(CSc1nnc(-c2ccc(Br)cc2)n1-c1ccccc1)NN=Cc1ccccc1Cl. The Bertz CT molecular complexity index is 1240. The van der Waals surface area contributed by atoms with Crippen LogP contribution in [0.2, 0.25) is 5.02 Å². The topological polar surface area (TPSA) is 72.2 Å². The van der Waals surface area contributed by atoms with Gasteiger partial charge < -0.3 is 0 Å².